The number of phenolic OH excluding ortho intramolecular Hbond substituents is 1. The molecule has 0 fully saturated rings. The lowest BCUT2D eigenvalue weighted by atomic mass is 10.0. The average Bonchev–Trinajstić information content (AvgIpc) is 2.68. The van der Waals surface area contributed by atoms with Crippen molar-refractivity contribution >= 4 is 12.0 Å². The summed E-state index contributed by atoms with van der Waals surface area (Å²) in [5, 5.41) is 20.9. The van der Waals surface area contributed by atoms with E-state index in [1.807, 2.05) is 6.92 Å². The fourth-order valence-corrected chi connectivity index (χ4v) is 3.21. The number of aliphatic hydroxyl groups is 1. The van der Waals surface area contributed by atoms with Crippen molar-refractivity contribution in [2.75, 3.05) is 0 Å². The number of carbonyl (C=O) groups excluding carboxylic acids is 1. The number of fused-ring (bicyclic) bond motifs is 3. The maximum atomic E-state index is 12.8. The number of phenols is 1. The van der Waals surface area contributed by atoms with Crippen LogP contribution in [0.3, 0.4) is 0 Å². The molecular formula is C23H26O5. The number of benzene rings is 2. The van der Waals surface area contributed by atoms with Crippen LogP contribution in [0.25, 0.3) is 6.08 Å². The van der Waals surface area contributed by atoms with E-state index < -0.39 is 18.2 Å². The molecule has 2 bridgehead atoms. The quantitative estimate of drug-likeness (QED) is 0.576. The topological polar surface area (TPSA) is 76.0 Å². The molecule has 2 atom stereocenters. The van der Waals surface area contributed by atoms with Crippen LogP contribution in [0, 0.1) is 6.92 Å². The molecule has 0 amide bonds. The van der Waals surface area contributed by atoms with Crippen molar-refractivity contribution in [3.8, 4) is 17.2 Å². The molecule has 148 valence electrons. The summed E-state index contributed by atoms with van der Waals surface area (Å²) < 4.78 is 11.5. The molecule has 0 unspecified atom stereocenters. The molecule has 5 heteroatoms. The normalized spacial score (nSPS) is 20.2. The summed E-state index contributed by atoms with van der Waals surface area (Å²) in [7, 11) is 0. The molecule has 28 heavy (non-hydrogen) atoms. The first-order valence-corrected chi connectivity index (χ1v) is 9.67. The van der Waals surface area contributed by atoms with Gasteiger partial charge in [0.2, 0.25) is 0 Å². The third-order valence-electron chi connectivity index (χ3n) is 4.88. The van der Waals surface area contributed by atoms with E-state index in [4.69, 9.17) is 9.47 Å². The van der Waals surface area contributed by atoms with Crippen molar-refractivity contribution < 1.29 is 24.5 Å². The number of aryl methyl sites for hydroxylation is 1. The lowest BCUT2D eigenvalue weighted by molar-refractivity contribution is -0.00748. The fourth-order valence-electron chi connectivity index (χ4n) is 3.21. The third kappa shape index (κ3) is 4.54. The van der Waals surface area contributed by atoms with E-state index in [-0.39, 0.29) is 11.5 Å². The van der Waals surface area contributed by atoms with E-state index in [1.165, 1.54) is 6.07 Å². The van der Waals surface area contributed by atoms with Crippen LogP contribution >= 0.6 is 0 Å². The van der Waals surface area contributed by atoms with Crippen molar-refractivity contribution in [2.24, 2.45) is 0 Å². The van der Waals surface area contributed by atoms with Gasteiger partial charge in [0.1, 0.15) is 18.0 Å². The summed E-state index contributed by atoms with van der Waals surface area (Å²) in [5.41, 5.74) is 1.76. The molecule has 2 N–H and O–H groups in total. The number of rotatable bonds is 4. The van der Waals surface area contributed by atoms with E-state index in [1.54, 1.807) is 42.5 Å². The Hall–Kier alpha value is -2.79. The van der Waals surface area contributed by atoms with Gasteiger partial charge >= 0.3 is 5.97 Å². The molecule has 0 radical (unpaired) electrons. The summed E-state index contributed by atoms with van der Waals surface area (Å²) in [6.07, 6.45) is 5.14. The van der Waals surface area contributed by atoms with Gasteiger partial charge < -0.3 is 19.7 Å². The molecule has 2 aromatic carbocycles. The number of cyclic esters (lactones) is 1. The first kappa shape index (κ1) is 20.0. The second kappa shape index (κ2) is 8.93. The molecule has 2 aromatic rings. The van der Waals surface area contributed by atoms with Gasteiger partial charge in [-0.15, -0.1) is 0 Å². The molecule has 0 aromatic heterocycles. The number of hydrogen-bond donors (Lipinski definition) is 2. The summed E-state index contributed by atoms with van der Waals surface area (Å²) >= 11 is 0. The Balaban J connectivity index is 2.05. The van der Waals surface area contributed by atoms with Crippen LogP contribution in [-0.4, -0.2) is 28.4 Å². The minimum atomic E-state index is -0.959. The monoisotopic (exact) mass is 382 g/mol. The zero-order valence-corrected chi connectivity index (χ0v) is 16.2. The van der Waals surface area contributed by atoms with Crippen LogP contribution < -0.4 is 4.74 Å². The summed E-state index contributed by atoms with van der Waals surface area (Å²) in [4.78, 5) is 12.8. The highest BCUT2D eigenvalue weighted by atomic mass is 16.6. The van der Waals surface area contributed by atoms with E-state index in [0.717, 1.165) is 24.8 Å². The molecule has 5 nitrogen and oxygen atoms in total. The van der Waals surface area contributed by atoms with Crippen LogP contribution in [0.5, 0.6) is 17.2 Å². The van der Waals surface area contributed by atoms with Gasteiger partial charge in [-0.3, -0.25) is 0 Å². The SMILES string of the molecule is CCCCC[C@@H]1OC(=O)c2cc(ccc2C)Oc2c(O)cccc2/C=C/[C@@H]1O. The first-order chi connectivity index (χ1) is 13.5. The standard InChI is InChI=1S/C23H26O5/c1-3-4-5-9-21-19(24)13-11-16-7-6-8-20(25)22(16)27-17-12-10-15(2)18(14-17)23(26)28-21/h6-8,10-14,19,21,24-25H,3-5,9H2,1-2H3/b13-11+/t19-,21-/m0/s1. The first-order valence-electron chi connectivity index (χ1n) is 9.67. The summed E-state index contributed by atoms with van der Waals surface area (Å²) in [6, 6.07) is 10.2. The second-order valence-corrected chi connectivity index (χ2v) is 7.06. The Labute approximate surface area is 165 Å². The maximum absolute atomic E-state index is 12.8. The largest absolute Gasteiger partial charge is 0.504 e. The number of ether oxygens (including phenoxy) is 2. The lowest BCUT2D eigenvalue weighted by Gasteiger charge is -2.23. The predicted octanol–water partition coefficient (Wildman–Crippen LogP) is 4.99. The van der Waals surface area contributed by atoms with Gasteiger partial charge in [0.15, 0.2) is 11.5 Å². The van der Waals surface area contributed by atoms with Gasteiger partial charge in [0, 0.05) is 5.56 Å². The number of unbranched alkanes of at least 4 members (excludes halogenated alkanes) is 2. The Kier molecular flexibility index (Phi) is 6.37. The molecule has 1 aliphatic rings. The van der Waals surface area contributed by atoms with E-state index in [0.29, 0.717) is 23.3 Å². The molecule has 0 saturated heterocycles. The van der Waals surface area contributed by atoms with Gasteiger partial charge in [-0.1, -0.05) is 50.1 Å². The summed E-state index contributed by atoms with van der Waals surface area (Å²) in [5.74, 6) is 0.197. The van der Waals surface area contributed by atoms with Crippen molar-refractivity contribution in [1.82, 2.24) is 0 Å². The molecule has 1 aliphatic heterocycles. The third-order valence-corrected chi connectivity index (χ3v) is 4.88. The number of hydrogen-bond acceptors (Lipinski definition) is 5. The number of aromatic hydroxyl groups is 1. The van der Waals surface area contributed by atoms with Crippen LogP contribution in [-0.2, 0) is 4.74 Å². The summed E-state index contributed by atoms with van der Waals surface area (Å²) in [6.45, 7) is 3.92. The Morgan fingerprint density at radius 3 is 2.75 bits per heavy atom. The van der Waals surface area contributed by atoms with Crippen molar-refractivity contribution in [2.45, 2.75) is 51.7 Å². The smallest absolute Gasteiger partial charge is 0.338 e. The maximum Gasteiger partial charge on any atom is 0.338 e. The van der Waals surface area contributed by atoms with E-state index >= 15 is 0 Å². The van der Waals surface area contributed by atoms with Crippen molar-refractivity contribution in [1.29, 1.82) is 0 Å². The average molecular weight is 382 g/mol. The van der Waals surface area contributed by atoms with Gasteiger partial charge in [-0.05, 0) is 43.5 Å². The number of aliphatic hydroxyl groups excluding tert-OH is 1. The van der Waals surface area contributed by atoms with E-state index in [9.17, 15) is 15.0 Å². The Morgan fingerprint density at radius 2 is 1.96 bits per heavy atom. The molecule has 0 aliphatic carbocycles. The Bertz CT molecular complexity index is 871. The van der Waals surface area contributed by atoms with Crippen LogP contribution in [0.4, 0.5) is 0 Å². The zero-order chi connectivity index (χ0) is 20.1. The fraction of sp³-hybridized carbons (Fsp3) is 0.348. The highest BCUT2D eigenvalue weighted by Crippen LogP contribution is 2.36. The molecule has 0 spiro atoms. The molecule has 0 saturated carbocycles. The van der Waals surface area contributed by atoms with E-state index in [2.05, 4.69) is 6.92 Å². The van der Waals surface area contributed by atoms with Crippen molar-refractivity contribution in [3.63, 3.8) is 0 Å². The lowest BCUT2D eigenvalue weighted by Crippen LogP contribution is -2.30. The van der Waals surface area contributed by atoms with Gasteiger partial charge in [-0.2, -0.15) is 0 Å². The molecule has 1 heterocycles. The number of para-hydroxylation sites is 1. The van der Waals surface area contributed by atoms with Crippen molar-refractivity contribution in [3.05, 3.63) is 59.2 Å². The van der Waals surface area contributed by atoms with Crippen LogP contribution in [0.1, 0.15) is 54.1 Å². The zero-order valence-electron chi connectivity index (χ0n) is 16.2. The van der Waals surface area contributed by atoms with Gasteiger partial charge in [-0.25, -0.2) is 4.79 Å². The number of esters is 1. The highest BCUT2D eigenvalue weighted by molar-refractivity contribution is 5.91. The molecular weight excluding hydrogens is 356 g/mol. The Morgan fingerprint density at radius 1 is 1.14 bits per heavy atom. The van der Waals surface area contributed by atoms with Gasteiger partial charge in [0.25, 0.3) is 0 Å². The minimum Gasteiger partial charge on any atom is -0.504 e. The predicted molar refractivity (Wildman–Crippen MR) is 108 cm³/mol. The van der Waals surface area contributed by atoms with Gasteiger partial charge in [0.05, 0.1) is 5.56 Å². The van der Waals surface area contributed by atoms with Crippen LogP contribution in [0.15, 0.2) is 42.5 Å². The second-order valence-electron chi connectivity index (χ2n) is 7.06. The molecule has 3 rings (SSSR count). The minimum absolute atomic E-state index is 0.0158. The highest BCUT2D eigenvalue weighted by Gasteiger charge is 2.24. The number of carbonyl (C=O) groups is 1. The van der Waals surface area contributed by atoms with Crippen LogP contribution in [0.2, 0.25) is 0 Å².